The number of benzene rings is 2. The fourth-order valence-electron chi connectivity index (χ4n) is 4.82. The smallest absolute Gasteiger partial charge is 0.341 e. The van der Waals surface area contributed by atoms with Gasteiger partial charge >= 0.3 is 16.1 Å². The van der Waals surface area contributed by atoms with E-state index in [0.717, 1.165) is 31.2 Å². The molecule has 1 aliphatic rings. The Kier molecular flexibility index (Phi) is 6.47. The molecule has 2 N–H and O–H groups in total. The molecule has 2 aromatic heterocycles. The van der Waals surface area contributed by atoms with E-state index < -0.39 is 16.1 Å². The first-order valence-electron chi connectivity index (χ1n) is 11.7. The number of hydrogen-bond donors (Lipinski definition) is 1. The number of imidazole rings is 1. The van der Waals surface area contributed by atoms with Crippen LogP contribution in [0.4, 0.5) is 5.95 Å². The first kappa shape index (κ1) is 25.2. The minimum absolute atomic E-state index is 0.0278. The summed E-state index contributed by atoms with van der Waals surface area (Å²) in [6.07, 6.45) is 2.59. The van der Waals surface area contributed by atoms with Gasteiger partial charge in [0.25, 0.3) is 5.56 Å². The van der Waals surface area contributed by atoms with Crippen LogP contribution in [0.3, 0.4) is 0 Å². The summed E-state index contributed by atoms with van der Waals surface area (Å²) < 4.78 is 30.9. The van der Waals surface area contributed by atoms with Gasteiger partial charge in [-0.3, -0.25) is 4.79 Å². The van der Waals surface area contributed by atoms with Crippen molar-refractivity contribution in [2.24, 2.45) is 12.8 Å². The van der Waals surface area contributed by atoms with Gasteiger partial charge in [0.05, 0.1) is 23.9 Å². The highest BCUT2D eigenvalue weighted by Crippen LogP contribution is 2.31. The second-order valence-electron chi connectivity index (χ2n) is 9.31. The van der Waals surface area contributed by atoms with Gasteiger partial charge in [-0.05, 0) is 42.7 Å². The van der Waals surface area contributed by atoms with E-state index in [-0.39, 0.29) is 17.2 Å². The Labute approximate surface area is 218 Å². The number of fused-ring (bicyclic) bond motifs is 3. The molecule has 4 aromatic rings. The maximum atomic E-state index is 13.7. The standard InChI is InChI=1S/C25H26ClN5O5S/c1-29-20-10-9-15(24(33)36-37(2,34)35)12-18(20)21-22(23(29)32)31(13-16-6-3-4-8-19(16)26)25(28-21)30-11-5-7-17(27)14-30/h3-4,6,8-10,12,17H,5,7,11,13-14,27H2,1-2H3/t17-/m1/s1. The largest absolute Gasteiger partial charge is 0.353 e. The monoisotopic (exact) mass is 543 g/mol. The number of nitrogens with two attached hydrogens (primary N) is 1. The summed E-state index contributed by atoms with van der Waals surface area (Å²) in [5.41, 5.74) is 8.13. The Balaban J connectivity index is 1.78. The van der Waals surface area contributed by atoms with E-state index in [1.807, 2.05) is 22.8 Å². The van der Waals surface area contributed by atoms with Crippen molar-refractivity contribution in [3.63, 3.8) is 0 Å². The molecule has 1 aliphatic heterocycles. The zero-order valence-electron chi connectivity index (χ0n) is 20.3. The highest BCUT2D eigenvalue weighted by atomic mass is 35.5. The molecule has 0 aliphatic carbocycles. The molecule has 10 nitrogen and oxygen atoms in total. The molecule has 12 heteroatoms. The molecule has 194 valence electrons. The fourth-order valence-corrected chi connectivity index (χ4v) is 5.39. The molecule has 1 fully saturated rings. The number of halogens is 1. The predicted octanol–water partition coefficient (Wildman–Crippen LogP) is 2.63. The van der Waals surface area contributed by atoms with Crippen LogP contribution in [0, 0.1) is 0 Å². The van der Waals surface area contributed by atoms with Crippen molar-refractivity contribution in [2.75, 3.05) is 24.2 Å². The van der Waals surface area contributed by atoms with Gasteiger partial charge in [-0.15, -0.1) is 0 Å². The normalized spacial score (nSPS) is 16.4. The lowest BCUT2D eigenvalue weighted by Crippen LogP contribution is -2.44. The lowest BCUT2D eigenvalue weighted by atomic mass is 10.1. The second-order valence-corrected chi connectivity index (χ2v) is 11.3. The molecular weight excluding hydrogens is 518 g/mol. The lowest BCUT2D eigenvalue weighted by molar-refractivity contribution is 0.0748. The summed E-state index contributed by atoms with van der Waals surface area (Å²) in [6, 6.07) is 11.9. The average molecular weight is 544 g/mol. The van der Waals surface area contributed by atoms with Crippen molar-refractivity contribution in [3.05, 3.63) is 69.0 Å². The first-order valence-corrected chi connectivity index (χ1v) is 13.9. The van der Waals surface area contributed by atoms with E-state index in [2.05, 4.69) is 9.08 Å². The Bertz CT molecular complexity index is 1710. The van der Waals surface area contributed by atoms with Gasteiger partial charge in [0.15, 0.2) is 0 Å². The van der Waals surface area contributed by atoms with E-state index in [1.54, 1.807) is 19.2 Å². The summed E-state index contributed by atoms with van der Waals surface area (Å²) in [4.78, 5) is 33.1. The molecule has 3 heterocycles. The topological polar surface area (TPSA) is 130 Å². The van der Waals surface area contributed by atoms with E-state index in [9.17, 15) is 18.0 Å². The van der Waals surface area contributed by atoms with E-state index in [1.165, 1.54) is 16.7 Å². The molecule has 0 unspecified atom stereocenters. The molecule has 37 heavy (non-hydrogen) atoms. The van der Waals surface area contributed by atoms with Crippen molar-refractivity contribution < 1.29 is 17.4 Å². The van der Waals surface area contributed by atoms with Crippen LogP contribution in [-0.2, 0) is 27.9 Å². The average Bonchev–Trinajstić information content (AvgIpc) is 3.22. The van der Waals surface area contributed by atoms with Gasteiger partial charge in [0.1, 0.15) is 11.0 Å². The first-order chi connectivity index (χ1) is 17.5. The molecule has 0 amide bonds. The number of anilines is 1. The van der Waals surface area contributed by atoms with Crippen LogP contribution in [0.5, 0.6) is 0 Å². The third-order valence-electron chi connectivity index (χ3n) is 6.56. The Morgan fingerprint density at radius 3 is 2.70 bits per heavy atom. The van der Waals surface area contributed by atoms with Crippen LogP contribution in [-0.4, -0.2) is 53.9 Å². The van der Waals surface area contributed by atoms with Crippen LogP contribution in [0.1, 0.15) is 28.8 Å². The van der Waals surface area contributed by atoms with Crippen LogP contribution >= 0.6 is 11.6 Å². The Morgan fingerprint density at radius 2 is 2.00 bits per heavy atom. The number of pyridine rings is 1. The van der Waals surface area contributed by atoms with Crippen molar-refractivity contribution in [1.82, 2.24) is 14.1 Å². The van der Waals surface area contributed by atoms with Gasteiger partial charge in [0, 0.05) is 36.6 Å². The van der Waals surface area contributed by atoms with Gasteiger partial charge in [-0.2, -0.15) is 8.42 Å². The predicted molar refractivity (Wildman–Crippen MR) is 143 cm³/mol. The highest BCUT2D eigenvalue weighted by Gasteiger charge is 2.26. The van der Waals surface area contributed by atoms with E-state index in [0.29, 0.717) is 46.0 Å². The number of hydrogen-bond acceptors (Lipinski definition) is 8. The van der Waals surface area contributed by atoms with Crippen LogP contribution in [0.15, 0.2) is 47.3 Å². The van der Waals surface area contributed by atoms with Gasteiger partial charge in [-0.25, -0.2) is 9.78 Å². The minimum Gasteiger partial charge on any atom is -0.341 e. The molecule has 5 rings (SSSR count). The molecule has 1 atom stereocenters. The zero-order chi connectivity index (χ0) is 26.5. The number of carbonyl (C=O) groups is 1. The van der Waals surface area contributed by atoms with Gasteiger partial charge in [0.2, 0.25) is 5.95 Å². The van der Waals surface area contributed by atoms with Crippen molar-refractivity contribution >= 4 is 55.6 Å². The Hall–Kier alpha value is -3.41. The highest BCUT2D eigenvalue weighted by molar-refractivity contribution is 7.86. The van der Waals surface area contributed by atoms with E-state index >= 15 is 0 Å². The van der Waals surface area contributed by atoms with Crippen molar-refractivity contribution in [3.8, 4) is 0 Å². The van der Waals surface area contributed by atoms with Crippen LogP contribution in [0.2, 0.25) is 5.02 Å². The third-order valence-corrected chi connectivity index (χ3v) is 7.38. The Morgan fingerprint density at radius 1 is 1.24 bits per heavy atom. The van der Waals surface area contributed by atoms with Crippen molar-refractivity contribution in [1.29, 1.82) is 0 Å². The summed E-state index contributed by atoms with van der Waals surface area (Å²) in [5, 5.41) is 1.08. The molecular formula is C25H26ClN5O5S. The lowest BCUT2D eigenvalue weighted by Gasteiger charge is -2.32. The molecule has 0 spiro atoms. The number of carbonyl (C=O) groups excluding carboxylic acids is 1. The SMILES string of the molecule is Cn1c(=O)c2c(nc(N3CCC[C@@H](N)C3)n2Cc2ccccc2Cl)c2cc(C(=O)OS(C)(=O)=O)ccc21. The summed E-state index contributed by atoms with van der Waals surface area (Å²) in [7, 11) is -2.36. The molecule has 1 saturated heterocycles. The minimum atomic E-state index is -4.00. The number of nitrogens with zero attached hydrogens (tertiary/aromatic N) is 4. The number of rotatable bonds is 5. The summed E-state index contributed by atoms with van der Waals surface area (Å²) in [6.45, 7) is 1.60. The zero-order valence-corrected chi connectivity index (χ0v) is 21.9. The maximum Gasteiger partial charge on any atom is 0.353 e. The second kappa shape index (κ2) is 9.47. The molecule has 0 radical (unpaired) electrons. The van der Waals surface area contributed by atoms with Gasteiger partial charge < -0.3 is 24.0 Å². The number of piperidine rings is 1. The molecule has 0 saturated carbocycles. The van der Waals surface area contributed by atoms with Gasteiger partial charge in [-0.1, -0.05) is 29.8 Å². The van der Waals surface area contributed by atoms with E-state index in [4.69, 9.17) is 22.3 Å². The van der Waals surface area contributed by atoms with Crippen LogP contribution in [0.25, 0.3) is 21.9 Å². The third kappa shape index (κ3) is 4.81. The summed E-state index contributed by atoms with van der Waals surface area (Å²) >= 11 is 6.48. The number of aromatic nitrogens is 3. The fraction of sp³-hybridized carbons (Fsp3) is 0.320. The molecule has 0 bridgehead atoms. The van der Waals surface area contributed by atoms with Crippen molar-refractivity contribution in [2.45, 2.75) is 25.4 Å². The quantitative estimate of drug-likeness (QED) is 0.380. The summed E-state index contributed by atoms with van der Waals surface area (Å²) in [5.74, 6) is -0.428. The van der Waals surface area contributed by atoms with Crippen LogP contribution < -0.4 is 16.2 Å². The molecule has 2 aromatic carbocycles. The maximum absolute atomic E-state index is 13.7. The number of aryl methyl sites for hydroxylation is 1.